The number of benzene rings is 2. The number of nitrogens with one attached hydrogen (secondary N) is 1. The Bertz CT molecular complexity index is 811. The molecular weight excluding hydrogens is 272 g/mol. The number of amides is 1. The lowest BCUT2D eigenvalue weighted by molar-refractivity contribution is -0.782. The number of carbonyl (C=O) groups is 1. The summed E-state index contributed by atoms with van der Waals surface area (Å²) in [7, 11) is 0. The van der Waals surface area contributed by atoms with Crippen LogP contribution in [0, 0.1) is 5.21 Å². The van der Waals surface area contributed by atoms with E-state index in [1.165, 1.54) is 6.21 Å². The lowest BCUT2D eigenvalue weighted by Crippen LogP contribution is -2.22. The van der Waals surface area contributed by atoms with Crippen molar-refractivity contribution >= 4 is 23.2 Å². The fourth-order valence-corrected chi connectivity index (χ4v) is 1.79. The van der Waals surface area contributed by atoms with Gasteiger partial charge in [0.1, 0.15) is 0 Å². The zero-order chi connectivity index (χ0) is 14.7. The molecule has 0 aliphatic rings. The fourth-order valence-electron chi connectivity index (χ4n) is 1.79. The van der Waals surface area contributed by atoms with Gasteiger partial charge >= 0.3 is 0 Å². The number of hydrazone groups is 1. The van der Waals surface area contributed by atoms with Crippen molar-refractivity contribution in [2.24, 2.45) is 5.10 Å². The van der Waals surface area contributed by atoms with E-state index in [0.717, 1.165) is 0 Å². The Morgan fingerprint density at radius 2 is 2.10 bits per heavy atom. The Morgan fingerprint density at radius 1 is 1.29 bits per heavy atom. The van der Waals surface area contributed by atoms with Crippen LogP contribution in [0.2, 0.25) is 0 Å². The van der Waals surface area contributed by atoms with Crippen molar-refractivity contribution in [2.45, 2.75) is 0 Å². The van der Waals surface area contributed by atoms with Crippen LogP contribution in [-0.2, 0) is 0 Å². The van der Waals surface area contributed by atoms with Gasteiger partial charge in [-0.1, -0.05) is 18.2 Å². The molecule has 3 aromatic rings. The van der Waals surface area contributed by atoms with Crippen LogP contribution in [0.1, 0.15) is 15.9 Å². The van der Waals surface area contributed by atoms with E-state index in [-0.39, 0.29) is 5.91 Å². The van der Waals surface area contributed by atoms with Gasteiger partial charge in [0.15, 0.2) is 0 Å². The Labute approximate surface area is 119 Å². The Kier molecular flexibility index (Phi) is 3.30. The van der Waals surface area contributed by atoms with Crippen molar-refractivity contribution in [3.05, 3.63) is 64.9 Å². The van der Waals surface area contributed by atoms with Crippen LogP contribution in [0.3, 0.4) is 0 Å². The second-order valence-corrected chi connectivity index (χ2v) is 4.24. The molecule has 21 heavy (non-hydrogen) atoms. The predicted octanol–water partition coefficient (Wildman–Crippen LogP) is 1.23. The third-order valence-corrected chi connectivity index (χ3v) is 2.83. The van der Waals surface area contributed by atoms with Gasteiger partial charge in [0.05, 0.1) is 6.21 Å². The SMILES string of the molecule is O=C(N/N=C/c1ccc2no[n+]([O-])c2c1)c1ccccc1. The van der Waals surface area contributed by atoms with Crippen molar-refractivity contribution in [1.29, 1.82) is 0 Å². The summed E-state index contributed by atoms with van der Waals surface area (Å²) in [6.07, 6.45) is 1.44. The molecule has 1 N–H and O–H groups in total. The van der Waals surface area contributed by atoms with Crippen molar-refractivity contribution < 1.29 is 14.3 Å². The lowest BCUT2D eigenvalue weighted by atomic mass is 10.2. The molecule has 7 nitrogen and oxygen atoms in total. The number of hydrogen-bond acceptors (Lipinski definition) is 5. The zero-order valence-electron chi connectivity index (χ0n) is 10.8. The number of rotatable bonds is 3. The Balaban J connectivity index is 1.73. The third-order valence-electron chi connectivity index (χ3n) is 2.83. The largest absolute Gasteiger partial charge is 0.359 e. The summed E-state index contributed by atoms with van der Waals surface area (Å²) in [5.74, 6) is -0.309. The van der Waals surface area contributed by atoms with Crippen LogP contribution in [0.25, 0.3) is 11.0 Å². The van der Waals surface area contributed by atoms with E-state index in [1.54, 1.807) is 42.5 Å². The molecule has 0 radical (unpaired) electrons. The average Bonchev–Trinajstić information content (AvgIpc) is 2.89. The molecule has 0 saturated carbocycles. The number of hydrogen-bond donors (Lipinski definition) is 1. The highest BCUT2D eigenvalue weighted by atomic mass is 16.8. The monoisotopic (exact) mass is 282 g/mol. The quantitative estimate of drug-likeness (QED) is 0.444. The molecule has 0 fully saturated rings. The molecule has 0 atom stereocenters. The van der Waals surface area contributed by atoms with Crippen molar-refractivity contribution in [2.75, 3.05) is 0 Å². The molecule has 0 bridgehead atoms. The molecule has 0 aliphatic heterocycles. The first-order valence-corrected chi connectivity index (χ1v) is 6.12. The van der Waals surface area contributed by atoms with Crippen molar-refractivity contribution in [3.8, 4) is 0 Å². The van der Waals surface area contributed by atoms with Crippen LogP contribution in [0.15, 0.2) is 58.3 Å². The van der Waals surface area contributed by atoms with Crippen LogP contribution in [-0.4, -0.2) is 17.3 Å². The molecule has 2 aromatic carbocycles. The second-order valence-electron chi connectivity index (χ2n) is 4.24. The maximum absolute atomic E-state index is 11.8. The Morgan fingerprint density at radius 3 is 2.90 bits per heavy atom. The predicted molar refractivity (Wildman–Crippen MR) is 74.5 cm³/mol. The van der Waals surface area contributed by atoms with Gasteiger partial charge in [-0.05, 0) is 34.7 Å². The summed E-state index contributed by atoms with van der Waals surface area (Å²) in [5, 5.41) is 18.7. The van der Waals surface area contributed by atoms with Crippen LogP contribution >= 0.6 is 0 Å². The van der Waals surface area contributed by atoms with Crippen molar-refractivity contribution in [3.63, 3.8) is 0 Å². The molecule has 0 aliphatic carbocycles. The van der Waals surface area contributed by atoms with Crippen LogP contribution in [0.4, 0.5) is 0 Å². The van der Waals surface area contributed by atoms with Gasteiger partial charge in [-0.3, -0.25) is 9.42 Å². The highest BCUT2D eigenvalue weighted by Gasteiger charge is 2.08. The minimum atomic E-state index is -0.309. The number of carbonyl (C=O) groups excluding carboxylic acids is 1. The van der Waals surface area contributed by atoms with E-state index >= 15 is 0 Å². The molecule has 0 spiro atoms. The van der Waals surface area contributed by atoms with E-state index < -0.39 is 0 Å². The lowest BCUT2D eigenvalue weighted by Gasteiger charge is -1.98. The molecule has 1 heterocycles. The molecule has 0 unspecified atom stereocenters. The highest BCUT2D eigenvalue weighted by Crippen LogP contribution is 2.08. The van der Waals surface area contributed by atoms with Crippen LogP contribution < -0.4 is 10.3 Å². The topological polar surface area (TPSA) is 94.4 Å². The number of aromatic nitrogens is 2. The zero-order valence-corrected chi connectivity index (χ0v) is 10.8. The summed E-state index contributed by atoms with van der Waals surface area (Å²) in [4.78, 5) is 12.1. The summed E-state index contributed by atoms with van der Waals surface area (Å²) in [5.41, 5.74) is 4.32. The van der Waals surface area contributed by atoms with E-state index in [1.807, 2.05) is 6.07 Å². The third kappa shape index (κ3) is 2.71. The van der Waals surface area contributed by atoms with Gasteiger partial charge in [-0.15, -0.1) is 0 Å². The molecule has 1 amide bonds. The Hall–Kier alpha value is -3.22. The van der Waals surface area contributed by atoms with Crippen LogP contribution in [0.5, 0.6) is 0 Å². The highest BCUT2D eigenvalue weighted by molar-refractivity contribution is 5.95. The summed E-state index contributed by atoms with van der Waals surface area (Å²) < 4.78 is 4.47. The van der Waals surface area contributed by atoms with E-state index in [0.29, 0.717) is 27.1 Å². The smallest absolute Gasteiger partial charge is 0.271 e. The first kappa shape index (κ1) is 12.8. The molecule has 1 aromatic heterocycles. The fraction of sp³-hybridized carbons (Fsp3) is 0. The van der Waals surface area contributed by atoms with Gasteiger partial charge in [0.2, 0.25) is 11.0 Å². The minimum Gasteiger partial charge on any atom is -0.359 e. The number of nitrogens with zero attached hydrogens (tertiary/aromatic N) is 3. The molecular formula is C14H10N4O3. The molecule has 0 saturated heterocycles. The van der Waals surface area contributed by atoms with E-state index in [2.05, 4.69) is 20.3 Å². The minimum absolute atomic E-state index is 0.299. The first-order chi connectivity index (χ1) is 10.2. The molecule has 3 rings (SSSR count). The van der Waals surface area contributed by atoms with Gasteiger partial charge in [-0.2, -0.15) is 5.10 Å². The summed E-state index contributed by atoms with van der Waals surface area (Å²) >= 11 is 0. The van der Waals surface area contributed by atoms with Gasteiger partial charge in [0.25, 0.3) is 5.91 Å². The maximum atomic E-state index is 11.8. The standard InChI is InChI=1S/C14H10N4O3/c19-14(11-4-2-1-3-5-11)16-15-9-10-6-7-12-13(8-10)18(20)21-17-12/h1-9H,(H,16,19)/b15-9+. The second kappa shape index (κ2) is 5.41. The van der Waals surface area contributed by atoms with Crippen molar-refractivity contribution in [1.82, 2.24) is 10.6 Å². The van der Waals surface area contributed by atoms with Gasteiger partial charge in [-0.25, -0.2) is 5.43 Å². The van der Waals surface area contributed by atoms with Gasteiger partial charge in [0, 0.05) is 16.8 Å². The van der Waals surface area contributed by atoms with Gasteiger partial charge < -0.3 is 5.21 Å². The molecule has 7 heteroatoms. The average molecular weight is 282 g/mol. The summed E-state index contributed by atoms with van der Waals surface area (Å²) in [6.45, 7) is 0. The first-order valence-electron chi connectivity index (χ1n) is 6.12. The molecule has 104 valence electrons. The van der Waals surface area contributed by atoms with E-state index in [9.17, 15) is 10.0 Å². The maximum Gasteiger partial charge on any atom is 0.271 e. The number of fused-ring (bicyclic) bond motifs is 1. The normalized spacial score (nSPS) is 11.0. The summed E-state index contributed by atoms with van der Waals surface area (Å²) in [6, 6.07) is 13.7. The van der Waals surface area contributed by atoms with E-state index in [4.69, 9.17) is 0 Å².